The second-order valence-electron chi connectivity index (χ2n) is 6.22. The Morgan fingerprint density at radius 2 is 2.07 bits per heavy atom. The molecular formula is C19H20BrF2N3O3S. The standard InChI is InChI=1S/C19H20BrF2N3O3S/c1-3-4-7-29(27,28)25-17(6-5-12(2)21)16(22)9-18(26)15-11-24-19-14(15)8-13(20)10-23-19/h5-6,8-11,25H,3-4,7H2,1-2H3,(H,23,24)/b12-5+,16-9-,17-6+. The molecule has 0 aliphatic rings. The number of rotatable bonds is 9. The van der Waals surface area contributed by atoms with E-state index >= 15 is 0 Å². The van der Waals surface area contributed by atoms with Gasteiger partial charge in [-0.2, -0.15) is 0 Å². The number of fused-ring (bicyclic) bond motifs is 1. The van der Waals surface area contributed by atoms with Crippen molar-refractivity contribution in [1.29, 1.82) is 0 Å². The maximum Gasteiger partial charge on any atom is 0.232 e. The van der Waals surface area contributed by atoms with Crippen molar-refractivity contribution in [3.63, 3.8) is 0 Å². The quantitative estimate of drug-likeness (QED) is 0.300. The van der Waals surface area contributed by atoms with Gasteiger partial charge in [-0.15, -0.1) is 0 Å². The van der Waals surface area contributed by atoms with Crippen LogP contribution in [-0.4, -0.2) is 29.9 Å². The third-order valence-corrected chi connectivity index (χ3v) is 5.58. The Bertz CT molecular complexity index is 1100. The van der Waals surface area contributed by atoms with Crippen LogP contribution in [0.15, 0.2) is 58.5 Å². The van der Waals surface area contributed by atoms with Gasteiger partial charge in [0, 0.05) is 33.9 Å². The first-order valence-electron chi connectivity index (χ1n) is 8.72. The van der Waals surface area contributed by atoms with E-state index in [1.807, 2.05) is 6.92 Å². The van der Waals surface area contributed by atoms with Crippen molar-refractivity contribution in [3.05, 3.63) is 64.1 Å². The number of ketones is 1. The van der Waals surface area contributed by atoms with Crippen LogP contribution in [0, 0.1) is 0 Å². The zero-order valence-corrected chi connectivity index (χ0v) is 18.2. The Hall–Kier alpha value is -2.33. The van der Waals surface area contributed by atoms with Gasteiger partial charge in [0.05, 0.1) is 17.3 Å². The van der Waals surface area contributed by atoms with Crippen LogP contribution in [0.4, 0.5) is 8.78 Å². The van der Waals surface area contributed by atoms with Gasteiger partial charge in [0.1, 0.15) is 5.65 Å². The molecule has 2 N–H and O–H groups in total. The molecule has 2 aromatic heterocycles. The number of carbonyl (C=O) groups is 1. The van der Waals surface area contributed by atoms with E-state index in [0.29, 0.717) is 34.4 Å². The molecule has 0 saturated carbocycles. The minimum atomic E-state index is -3.85. The summed E-state index contributed by atoms with van der Waals surface area (Å²) in [5, 5.41) is 0.474. The Morgan fingerprint density at radius 1 is 1.34 bits per heavy atom. The van der Waals surface area contributed by atoms with Crippen molar-refractivity contribution >= 4 is 42.8 Å². The van der Waals surface area contributed by atoms with Gasteiger partial charge in [0.15, 0.2) is 11.6 Å². The highest BCUT2D eigenvalue weighted by molar-refractivity contribution is 9.10. The van der Waals surface area contributed by atoms with Crippen LogP contribution >= 0.6 is 15.9 Å². The highest BCUT2D eigenvalue weighted by Gasteiger charge is 2.17. The third-order valence-electron chi connectivity index (χ3n) is 3.79. The summed E-state index contributed by atoms with van der Waals surface area (Å²) in [6.07, 6.45) is 6.43. The van der Waals surface area contributed by atoms with Crippen molar-refractivity contribution < 1.29 is 22.0 Å². The van der Waals surface area contributed by atoms with E-state index < -0.39 is 33.2 Å². The third kappa shape index (κ3) is 6.60. The van der Waals surface area contributed by atoms with E-state index in [2.05, 4.69) is 30.6 Å². The highest BCUT2D eigenvalue weighted by atomic mass is 79.9. The summed E-state index contributed by atoms with van der Waals surface area (Å²) < 4.78 is 54.8. The van der Waals surface area contributed by atoms with Gasteiger partial charge in [-0.25, -0.2) is 22.2 Å². The summed E-state index contributed by atoms with van der Waals surface area (Å²) in [4.78, 5) is 19.5. The number of sulfonamides is 1. The van der Waals surface area contributed by atoms with Crippen LogP contribution in [-0.2, 0) is 10.0 Å². The number of halogens is 3. The molecule has 0 bridgehead atoms. The number of hydrogen-bond acceptors (Lipinski definition) is 4. The fourth-order valence-corrected chi connectivity index (χ4v) is 3.97. The molecule has 10 heteroatoms. The largest absolute Gasteiger partial charge is 0.345 e. The summed E-state index contributed by atoms with van der Waals surface area (Å²) in [5.41, 5.74) is 0.0809. The lowest BCUT2D eigenvalue weighted by Gasteiger charge is -2.09. The topological polar surface area (TPSA) is 91.9 Å². The summed E-state index contributed by atoms with van der Waals surface area (Å²) >= 11 is 3.26. The Balaban J connectivity index is 2.38. The molecule has 29 heavy (non-hydrogen) atoms. The molecule has 6 nitrogen and oxygen atoms in total. The lowest BCUT2D eigenvalue weighted by atomic mass is 10.1. The molecule has 0 radical (unpaired) electrons. The molecule has 0 aromatic carbocycles. The van der Waals surface area contributed by atoms with Gasteiger partial charge < -0.3 is 4.98 Å². The monoisotopic (exact) mass is 487 g/mol. The van der Waals surface area contributed by atoms with Crippen molar-refractivity contribution in [1.82, 2.24) is 14.7 Å². The number of carbonyl (C=O) groups excluding carboxylic acids is 1. The van der Waals surface area contributed by atoms with Crippen LogP contribution in [0.1, 0.15) is 37.0 Å². The number of aromatic nitrogens is 2. The molecule has 0 atom stereocenters. The minimum absolute atomic E-state index is 0.161. The molecule has 0 saturated heterocycles. The molecule has 0 spiro atoms. The molecule has 2 rings (SSSR count). The van der Waals surface area contributed by atoms with Crippen LogP contribution in [0.2, 0.25) is 0 Å². The lowest BCUT2D eigenvalue weighted by Crippen LogP contribution is -2.26. The maximum absolute atomic E-state index is 14.8. The summed E-state index contributed by atoms with van der Waals surface area (Å²) in [5.74, 6) is -2.71. The van der Waals surface area contributed by atoms with E-state index in [4.69, 9.17) is 0 Å². The molecule has 2 aromatic rings. The molecule has 0 amide bonds. The predicted molar refractivity (Wildman–Crippen MR) is 112 cm³/mol. The van der Waals surface area contributed by atoms with Crippen LogP contribution in [0.5, 0.6) is 0 Å². The van der Waals surface area contributed by atoms with E-state index in [9.17, 15) is 22.0 Å². The van der Waals surface area contributed by atoms with Gasteiger partial charge in [-0.05, 0) is 47.5 Å². The van der Waals surface area contributed by atoms with E-state index in [-0.39, 0.29) is 11.3 Å². The van der Waals surface area contributed by atoms with Gasteiger partial charge >= 0.3 is 0 Å². The number of aromatic amines is 1. The predicted octanol–water partition coefficient (Wildman–Crippen LogP) is 4.84. The average molecular weight is 488 g/mol. The fraction of sp³-hybridized carbons (Fsp3) is 0.263. The number of nitrogens with zero attached hydrogens (tertiary/aromatic N) is 1. The van der Waals surface area contributed by atoms with Crippen LogP contribution in [0.25, 0.3) is 11.0 Å². The second kappa shape index (κ2) is 9.93. The molecule has 0 aliphatic carbocycles. The van der Waals surface area contributed by atoms with Crippen molar-refractivity contribution in [3.8, 4) is 0 Å². The zero-order valence-electron chi connectivity index (χ0n) is 15.8. The number of nitrogens with one attached hydrogen (secondary N) is 2. The lowest BCUT2D eigenvalue weighted by molar-refractivity contribution is 0.104. The van der Waals surface area contributed by atoms with Gasteiger partial charge in [-0.1, -0.05) is 13.3 Å². The van der Waals surface area contributed by atoms with Gasteiger partial charge in [0.25, 0.3) is 0 Å². The van der Waals surface area contributed by atoms with Crippen LogP contribution < -0.4 is 4.72 Å². The Labute approximate surface area is 176 Å². The first kappa shape index (κ1) is 23.0. The molecule has 2 heterocycles. The summed E-state index contributed by atoms with van der Waals surface area (Å²) in [7, 11) is -3.85. The van der Waals surface area contributed by atoms with Crippen LogP contribution in [0.3, 0.4) is 0 Å². The SMILES string of the molecule is CCCCS(=O)(=O)NC(=C/C=C(\C)F)/C(F)=C/C(=O)c1c[nH]c2ncc(Br)cc12. The average Bonchev–Trinajstić information content (AvgIpc) is 3.06. The number of hydrogen-bond donors (Lipinski definition) is 2. The zero-order chi connectivity index (χ0) is 21.6. The molecule has 0 aliphatic heterocycles. The molecule has 156 valence electrons. The van der Waals surface area contributed by atoms with E-state index in [1.54, 1.807) is 12.3 Å². The smallest absolute Gasteiger partial charge is 0.232 e. The van der Waals surface area contributed by atoms with Crippen molar-refractivity contribution in [2.45, 2.75) is 26.7 Å². The van der Waals surface area contributed by atoms with Crippen molar-refractivity contribution in [2.75, 3.05) is 5.75 Å². The Morgan fingerprint density at radius 3 is 2.72 bits per heavy atom. The highest BCUT2D eigenvalue weighted by Crippen LogP contribution is 2.22. The fourth-order valence-electron chi connectivity index (χ4n) is 2.37. The molecule has 0 unspecified atom stereocenters. The number of unbranched alkanes of at least 4 members (excludes halogenated alkanes) is 1. The van der Waals surface area contributed by atoms with Gasteiger partial charge in [0.2, 0.25) is 10.0 Å². The number of pyridine rings is 1. The Kier molecular flexibility index (Phi) is 7.86. The summed E-state index contributed by atoms with van der Waals surface area (Å²) in [6, 6.07) is 1.65. The van der Waals surface area contributed by atoms with E-state index in [0.717, 1.165) is 19.1 Å². The second-order valence-corrected chi connectivity index (χ2v) is 8.97. The maximum atomic E-state index is 14.8. The number of allylic oxidation sites excluding steroid dienone is 5. The first-order chi connectivity index (χ1) is 13.6. The first-order valence-corrected chi connectivity index (χ1v) is 11.2. The van der Waals surface area contributed by atoms with Gasteiger partial charge in [-0.3, -0.25) is 9.52 Å². The normalized spacial score (nSPS) is 13.8. The summed E-state index contributed by atoms with van der Waals surface area (Å²) in [6.45, 7) is 2.94. The minimum Gasteiger partial charge on any atom is -0.345 e. The van der Waals surface area contributed by atoms with E-state index in [1.165, 1.54) is 6.20 Å². The van der Waals surface area contributed by atoms with Crippen molar-refractivity contribution in [2.24, 2.45) is 0 Å². The number of H-pyrrole nitrogens is 1. The molecular weight excluding hydrogens is 468 g/mol. The molecule has 0 fully saturated rings.